The highest BCUT2D eigenvalue weighted by atomic mass is 16.2. The topological polar surface area (TPSA) is 67.2 Å². The minimum atomic E-state index is -0.244. The zero-order valence-corrected chi connectivity index (χ0v) is 24.3. The molecule has 0 fully saturated rings. The van der Waals surface area contributed by atoms with Gasteiger partial charge in [-0.05, 0) is 42.4 Å². The Morgan fingerprint density at radius 2 is 1.61 bits per heavy atom. The molecule has 0 aliphatic carbocycles. The van der Waals surface area contributed by atoms with Crippen LogP contribution in [0, 0.1) is 18.3 Å². The summed E-state index contributed by atoms with van der Waals surface area (Å²) in [5.74, 6) is 0.563. The number of nitrogens with zero attached hydrogens (tertiary/aromatic N) is 3. The Bertz CT molecular complexity index is 1220. The van der Waals surface area contributed by atoms with Crippen molar-refractivity contribution in [1.29, 1.82) is 0 Å². The fraction of sp³-hybridized carbons (Fsp3) is 0.469. The fourth-order valence-electron chi connectivity index (χ4n) is 4.66. The summed E-state index contributed by atoms with van der Waals surface area (Å²) in [7, 11) is 0. The van der Waals surface area contributed by atoms with E-state index in [4.69, 9.17) is 5.10 Å². The molecule has 1 atom stereocenters. The third-order valence-corrected chi connectivity index (χ3v) is 6.41. The highest BCUT2D eigenvalue weighted by Gasteiger charge is 2.25. The van der Waals surface area contributed by atoms with Crippen LogP contribution < -0.4 is 5.32 Å². The summed E-state index contributed by atoms with van der Waals surface area (Å²) in [6.45, 7) is 17.4. The smallest absolute Gasteiger partial charge is 0.245 e. The second-order valence-electron chi connectivity index (χ2n) is 12.8. The first-order valence-electron chi connectivity index (χ1n) is 13.5. The Hall–Kier alpha value is -3.41. The Morgan fingerprint density at radius 1 is 0.974 bits per heavy atom. The lowest BCUT2D eigenvalue weighted by Crippen LogP contribution is -2.38. The number of carbonyl (C=O) groups excluding carboxylic acids is 2. The molecule has 38 heavy (non-hydrogen) atoms. The number of benzene rings is 2. The Kier molecular flexibility index (Phi) is 9.18. The maximum absolute atomic E-state index is 13.4. The van der Waals surface area contributed by atoms with Crippen LogP contribution in [0.1, 0.15) is 78.1 Å². The van der Waals surface area contributed by atoms with Gasteiger partial charge in [0.15, 0.2) is 0 Å². The molecule has 0 bridgehead atoms. The molecule has 0 aliphatic rings. The lowest BCUT2D eigenvalue weighted by atomic mass is 9.84. The van der Waals surface area contributed by atoms with E-state index in [9.17, 15) is 9.59 Å². The van der Waals surface area contributed by atoms with Crippen LogP contribution in [-0.2, 0) is 21.5 Å². The van der Waals surface area contributed by atoms with E-state index in [1.54, 1.807) is 9.58 Å². The Morgan fingerprint density at radius 3 is 2.18 bits per heavy atom. The van der Waals surface area contributed by atoms with Crippen molar-refractivity contribution in [3.05, 3.63) is 77.5 Å². The SMILES string of the molecule is Cc1ccc(-n2nc(C(C)(C)C)cc2NC(=O)CN(Cc2ccccc2)C(=O)CC(C)CC(C)(C)C)cc1. The van der Waals surface area contributed by atoms with Crippen molar-refractivity contribution in [1.82, 2.24) is 14.7 Å². The molecule has 2 amide bonds. The maximum Gasteiger partial charge on any atom is 0.245 e. The molecule has 1 N–H and O–H groups in total. The number of aromatic nitrogens is 2. The molecular formula is C32H44N4O2. The monoisotopic (exact) mass is 516 g/mol. The number of amides is 2. The molecule has 204 valence electrons. The third kappa shape index (κ3) is 8.57. The van der Waals surface area contributed by atoms with Crippen LogP contribution in [0.2, 0.25) is 0 Å². The van der Waals surface area contributed by atoms with Gasteiger partial charge in [0.05, 0.1) is 11.4 Å². The van der Waals surface area contributed by atoms with Gasteiger partial charge in [0, 0.05) is 24.4 Å². The minimum Gasteiger partial charge on any atom is -0.329 e. The lowest BCUT2D eigenvalue weighted by Gasteiger charge is -2.27. The highest BCUT2D eigenvalue weighted by molar-refractivity contribution is 5.94. The standard InChI is InChI=1S/C32H44N4O2/c1-23-14-16-26(17-15-23)36-28(19-27(34-36)32(6,7)8)33-29(37)22-35(21-25-12-10-9-11-13-25)30(38)18-24(2)20-31(3,4)5/h9-17,19,24H,18,20-22H2,1-8H3,(H,33,37). The molecule has 0 aliphatic heterocycles. The van der Waals surface area contributed by atoms with Crippen molar-refractivity contribution >= 4 is 17.6 Å². The van der Waals surface area contributed by atoms with Crippen LogP contribution in [0.15, 0.2) is 60.7 Å². The molecule has 1 heterocycles. The Balaban J connectivity index is 1.83. The lowest BCUT2D eigenvalue weighted by molar-refractivity contribution is -0.136. The normalized spacial score (nSPS) is 12.7. The summed E-state index contributed by atoms with van der Waals surface area (Å²) in [6.07, 6.45) is 1.35. The van der Waals surface area contributed by atoms with E-state index < -0.39 is 0 Å². The molecule has 6 heteroatoms. The van der Waals surface area contributed by atoms with Gasteiger partial charge >= 0.3 is 0 Å². The number of hydrogen-bond acceptors (Lipinski definition) is 3. The van der Waals surface area contributed by atoms with Gasteiger partial charge in [0.2, 0.25) is 11.8 Å². The van der Waals surface area contributed by atoms with Crippen LogP contribution in [0.5, 0.6) is 0 Å². The van der Waals surface area contributed by atoms with E-state index in [2.05, 4.69) is 53.8 Å². The first-order valence-corrected chi connectivity index (χ1v) is 13.5. The van der Waals surface area contributed by atoms with Crippen molar-refractivity contribution in [3.8, 4) is 5.69 Å². The van der Waals surface area contributed by atoms with Crippen molar-refractivity contribution in [2.24, 2.45) is 11.3 Å². The summed E-state index contributed by atoms with van der Waals surface area (Å²) < 4.78 is 1.77. The van der Waals surface area contributed by atoms with Crippen LogP contribution in [0.4, 0.5) is 5.82 Å². The first-order chi connectivity index (χ1) is 17.7. The van der Waals surface area contributed by atoms with E-state index in [0.29, 0.717) is 18.8 Å². The van der Waals surface area contributed by atoms with Gasteiger partial charge in [0.25, 0.3) is 0 Å². The number of rotatable bonds is 9. The fourth-order valence-corrected chi connectivity index (χ4v) is 4.66. The van der Waals surface area contributed by atoms with E-state index in [1.807, 2.05) is 67.6 Å². The number of anilines is 1. The average molecular weight is 517 g/mol. The minimum absolute atomic E-state index is 0.0109. The summed E-state index contributed by atoms with van der Waals surface area (Å²) in [5.41, 5.74) is 3.85. The van der Waals surface area contributed by atoms with Gasteiger partial charge < -0.3 is 10.2 Å². The van der Waals surface area contributed by atoms with E-state index in [0.717, 1.165) is 28.9 Å². The molecule has 3 rings (SSSR count). The molecule has 3 aromatic rings. The molecule has 2 aromatic carbocycles. The van der Waals surface area contributed by atoms with Crippen molar-refractivity contribution < 1.29 is 9.59 Å². The van der Waals surface area contributed by atoms with Crippen LogP contribution in [0.3, 0.4) is 0 Å². The zero-order valence-electron chi connectivity index (χ0n) is 24.3. The maximum atomic E-state index is 13.4. The quantitative estimate of drug-likeness (QED) is 0.336. The van der Waals surface area contributed by atoms with Gasteiger partial charge in [0.1, 0.15) is 12.4 Å². The summed E-state index contributed by atoms with van der Waals surface area (Å²) >= 11 is 0. The predicted octanol–water partition coefficient (Wildman–Crippen LogP) is 6.91. The van der Waals surface area contributed by atoms with Crippen LogP contribution >= 0.6 is 0 Å². The second-order valence-corrected chi connectivity index (χ2v) is 12.8. The molecule has 0 saturated carbocycles. The predicted molar refractivity (Wildman–Crippen MR) is 155 cm³/mol. The third-order valence-electron chi connectivity index (χ3n) is 6.41. The largest absolute Gasteiger partial charge is 0.329 e. The summed E-state index contributed by atoms with van der Waals surface area (Å²) in [6, 6.07) is 19.8. The van der Waals surface area contributed by atoms with Crippen molar-refractivity contribution in [3.63, 3.8) is 0 Å². The molecule has 0 radical (unpaired) electrons. The number of carbonyl (C=O) groups is 2. The van der Waals surface area contributed by atoms with Gasteiger partial charge in [-0.3, -0.25) is 9.59 Å². The van der Waals surface area contributed by atoms with Crippen LogP contribution in [0.25, 0.3) is 5.69 Å². The van der Waals surface area contributed by atoms with Crippen molar-refractivity contribution in [2.45, 2.75) is 80.2 Å². The van der Waals surface area contributed by atoms with Crippen molar-refractivity contribution in [2.75, 3.05) is 11.9 Å². The van der Waals surface area contributed by atoms with Gasteiger partial charge in [-0.2, -0.15) is 5.10 Å². The summed E-state index contributed by atoms with van der Waals surface area (Å²) in [5, 5.41) is 7.86. The van der Waals surface area contributed by atoms with E-state index in [1.165, 1.54) is 0 Å². The highest BCUT2D eigenvalue weighted by Crippen LogP contribution is 2.28. The zero-order chi connectivity index (χ0) is 28.1. The number of nitrogens with one attached hydrogen (secondary N) is 1. The molecule has 0 spiro atoms. The molecule has 0 saturated heterocycles. The molecular weight excluding hydrogens is 472 g/mol. The molecule has 1 unspecified atom stereocenters. The van der Waals surface area contributed by atoms with Gasteiger partial charge in [-0.25, -0.2) is 4.68 Å². The van der Waals surface area contributed by atoms with Crippen LogP contribution in [-0.4, -0.2) is 33.0 Å². The summed E-state index contributed by atoms with van der Waals surface area (Å²) in [4.78, 5) is 28.5. The van der Waals surface area contributed by atoms with Gasteiger partial charge in [-0.15, -0.1) is 0 Å². The van der Waals surface area contributed by atoms with E-state index >= 15 is 0 Å². The van der Waals surface area contributed by atoms with Gasteiger partial charge in [-0.1, -0.05) is 96.5 Å². The first kappa shape index (κ1) is 29.2. The molecule has 6 nitrogen and oxygen atoms in total. The Labute approximate surface area is 228 Å². The number of hydrogen-bond donors (Lipinski definition) is 1. The van der Waals surface area contributed by atoms with E-state index in [-0.39, 0.29) is 35.1 Å². The molecule has 1 aromatic heterocycles. The second kappa shape index (κ2) is 12.0. The number of aryl methyl sites for hydroxylation is 1. The average Bonchev–Trinajstić information content (AvgIpc) is 3.22.